The van der Waals surface area contributed by atoms with Gasteiger partial charge in [-0.2, -0.15) is 0 Å². The lowest BCUT2D eigenvalue weighted by molar-refractivity contribution is 0.0988. The number of aromatic nitrogens is 1. The van der Waals surface area contributed by atoms with Crippen LogP contribution in [0.2, 0.25) is 0 Å². The molecule has 0 bridgehead atoms. The minimum absolute atomic E-state index is 0.180. The summed E-state index contributed by atoms with van der Waals surface area (Å²) in [5, 5.41) is 1.11. The number of fused-ring (bicyclic) bond motifs is 1. The van der Waals surface area contributed by atoms with Crippen molar-refractivity contribution in [1.29, 1.82) is 0 Å². The number of benzene rings is 1. The SMILES string of the molecule is CCC(=O)c1ccc2[nH]cc(C(C)CN)c2c1. The van der Waals surface area contributed by atoms with Crippen LogP contribution in [0, 0.1) is 0 Å². The smallest absolute Gasteiger partial charge is 0.162 e. The van der Waals surface area contributed by atoms with Crippen molar-refractivity contribution in [2.24, 2.45) is 5.73 Å². The third kappa shape index (κ3) is 2.11. The number of Topliss-reactive ketones (excluding diaryl/α,β-unsaturated/α-hetero) is 1. The van der Waals surface area contributed by atoms with Crippen molar-refractivity contribution < 1.29 is 4.79 Å². The van der Waals surface area contributed by atoms with E-state index in [1.165, 1.54) is 5.56 Å². The van der Waals surface area contributed by atoms with Crippen molar-refractivity contribution in [2.75, 3.05) is 6.54 Å². The zero-order valence-electron chi connectivity index (χ0n) is 10.3. The lowest BCUT2D eigenvalue weighted by Crippen LogP contribution is -2.08. The molecule has 2 aromatic rings. The maximum absolute atomic E-state index is 11.7. The Kier molecular flexibility index (Phi) is 3.29. The molecule has 0 radical (unpaired) electrons. The quantitative estimate of drug-likeness (QED) is 0.793. The molecule has 0 amide bonds. The van der Waals surface area contributed by atoms with Gasteiger partial charge >= 0.3 is 0 Å². The largest absolute Gasteiger partial charge is 0.361 e. The van der Waals surface area contributed by atoms with Crippen molar-refractivity contribution in [1.82, 2.24) is 4.98 Å². The normalized spacial score (nSPS) is 12.9. The number of aromatic amines is 1. The highest BCUT2D eigenvalue weighted by atomic mass is 16.1. The molecule has 0 spiro atoms. The number of rotatable bonds is 4. The first-order valence-corrected chi connectivity index (χ1v) is 6.01. The summed E-state index contributed by atoms with van der Waals surface area (Å²) in [6.07, 6.45) is 2.53. The van der Waals surface area contributed by atoms with Crippen LogP contribution in [0.25, 0.3) is 10.9 Å². The highest BCUT2D eigenvalue weighted by Crippen LogP contribution is 2.26. The highest BCUT2D eigenvalue weighted by Gasteiger charge is 2.12. The van der Waals surface area contributed by atoms with Gasteiger partial charge in [0.1, 0.15) is 0 Å². The summed E-state index contributed by atoms with van der Waals surface area (Å²) in [6, 6.07) is 5.81. The fourth-order valence-corrected chi connectivity index (χ4v) is 2.05. The number of carbonyl (C=O) groups excluding carboxylic acids is 1. The predicted molar refractivity (Wildman–Crippen MR) is 70.4 cm³/mol. The number of hydrogen-bond donors (Lipinski definition) is 2. The standard InChI is InChI=1S/C14H18N2O/c1-3-14(17)10-4-5-13-11(6-10)12(8-16-13)9(2)7-15/h4-6,8-9,16H,3,7,15H2,1-2H3. The Morgan fingerprint density at radius 2 is 2.24 bits per heavy atom. The highest BCUT2D eigenvalue weighted by molar-refractivity contribution is 6.00. The number of nitrogens with one attached hydrogen (secondary N) is 1. The van der Waals surface area contributed by atoms with E-state index in [-0.39, 0.29) is 5.78 Å². The Labute approximate surface area is 101 Å². The molecule has 3 N–H and O–H groups in total. The Morgan fingerprint density at radius 3 is 2.88 bits per heavy atom. The van der Waals surface area contributed by atoms with Crippen LogP contribution in [0.1, 0.15) is 42.1 Å². The van der Waals surface area contributed by atoms with E-state index < -0.39 is 0 Å². The van der Waals surface area contributed by atoms with E-state index in [4.69, 9.17) is 5.73 Å². The van der Waals surface area contributed by atoms with Crippen LogP contribution in [0.4, 0.5) is 0 Å². The fourth-order valence-electron chi connectivity index (χ4n) is 2.05. The van der Waals surface area contributed by atoms with Gasteiger partial charge in [-0.3, -0.25) is 4.79 Å². The molecule has 1 unspecified atom stereocenters. The van der Waals surface area contributed by atoms with Gasteiger partial charge in [0, 0.05) is 29.1 Å². The third-order valence-corrected chi connectivity index (χ3v) is 3.24. The van der Waals surface area contributed by atoms with Crippen LogP contribution >= 0.6 is 0 Å². The van der Waals surface area contributed by atoms with E-state index in [0.717, 1.165) is 16.5 Å². The second-order valence-corrected chi connectivity index (χ2v) is 4.42. The lowest BCUT2D eigenvalue weighted by atomic mass is 9.98. The average molecular weight is 230 g/mol. The molecule has 0 fully saturated rings. The van der Waals surface area contributed by atoms with Crippen molar-refractivity contribution in [3.05, 3.63) is 35.5 Å². The first-order valence-electron chi connectivity index (χ1n) is 6.01. The third-order valence-electron chi connectivity index (χ3n) is 3.24. The second-order valence-electron chi connectivity index (χ2n) is 4.42. The molecule has 0 aliphatic carbocycles. The number of H-pyrrole nitrogens is 1. The minimum Gasteiger partial charge on any atom is -0.361 e. The van der Waals surface area contributed by atoms with E-state index in [9.17, 15) is 4.79 Å². The van der Waals surface area contributed by atoms with Crippen LogP contribution in [-0.4, -0.2) is 17.3 Å². The molecule has 1 aromatic carbocycles. The monoisotopic (exact) mass is 230 g/mol. The van der Waals surface area contributed by atoms with Crippen LogP contribution < -0.4 is 5.73 Å². The number of nitrogens with two attached hydrogens (primary N) is 1. The van der Waals surface area contributed by atoms with Crippen molar-refractivity contribution in [2.45, 2.75) is 26.2 Å². The van der Waals surface area contributed by atoms with Gasteiger partial charge in [0.25, 0.3) is 0 Å². The Hall–Kier alpha value is -1.61. The molecule has 1 heterocycles. The Bertz CT molecular complexity index is 542. The van der Waals surface area contributed by atoms with Gasteiger partial charge in [-0.15, -0.1) is 0 Å². The zero-order chi connectivity index (χ0) is 12.4. The summed E-state index contributed by atoms with van der Waals surface area (Å²) < 4.78 is 0. The summed E-state index contributed by atoms with van der Waals surface area (Å²) in [7, 11) is 0. The molecule has 0 saturated heterocycles. The molecule has 1 atom stereocenters. The number of carbonyl (C=O) groups is 1. The molecule has 2 rings (SSSR count). The first kappa shape index (κ1) is 11.9. The molecule has 0 saturated carbocycles. The summed E-state index contributed by atoms with van der Waals surface area (Å²) in [4.78, 5) is 14.9. The molecule has 1 aromatic heterocycles. The molecule has 17 heavy (non-hydrogen) atoms. The van der Waals surface area contributed by atoms with Gasteiger partial charge in [-0.05, 0) is 36.2 Å². The second kappa shape index (κ2) is 4.72. The Morgan fingerprint density at radius 1 is 1.47 bits per heavy atom. The van der Waals surface area contributed by atoms with Crippen molar-refractivity contribution in [3.8, 4) is 0 Å². The maximum atomic E-state index is 11.7. The van der Waals surface area contributed by atoms with Gasteiger partial charge < -0.3 is 10.7 Å². The topological polar surface area (TPSA) is 58.9 Å². The number of ketones is 1. The van der Waals surface area contributed by atoms with E-state index in [0.29, 0.717) is 18.9 Å². The van der Waals surface area contributed by atoms with Crippen molar-refractivity contribution >= 4 is 16.7 Å². The minimum atomic E-state index is 0.180. The molecular weight excluding hydrogens is 212 g/mol. The van der Waals surface area contributed by atoms with E-state index >= 15 is 0 Å². The zero-order valence-corrected chi connectivity index (χ0v) is 10.3. The molecule has 90 valence electrons. The van der Waals surface area contributed by atoms with E-state index in [2.05, 4.69) is 11.9 Å². The average Bonchev–Trinajstić information content (AvgIpc) is 2.79. The van der Waals surface area contributed by atoms with Crippen LogP contribution in [0.15, 0.2) is 24.4 Å². The van der Waals surface area contributed by atoms with Crippen LogP contribution in [0.3, 0.4) is 0 Å². The summed E-state index contributed by atoms with van der Waals surface area (Å²) in [6.45, 7) is 4.59. The molecule has 0 aliphatic rings. The lowest BCUT2D eigenvalue weighted by Gasteiger charge is -2.07. The van der Waals surface area contributed by atoms with E-state index in [1.54, 1.807) is 0 Å². The summed E-state index contributed by atoms with van der Waals surface area (Å²) in [5.74, 6) is 0.482. The van der Waals surface area contributed by atoms with Gasteiger partial charge in [0.2, 0.25) is 0 Å². The summed E-state index contributed by atoms with van der Waals surface area (Å²) >= 11 is 0. The predicted octanol–water partition coefficient (Wildman–Crippen LogP) is 2.82. The summed E-state index contributed by atoms with van der Waals surface area (Å²) in [5.41, 5.74) is 8.73. The Balaban J connectivity index is 2.54. The first-order chi connectivity index (χ1) is 8.17. The van der Waals surface area contributed by atoms with Gasteiger partial charge in [0.15, 0.2) is 5.78 Å². The van der Waals surface area contributed by atoms with Crippen LogP contribution in [0.5, 0.6) is 0 Å². The fraction of sp³-hybridized carbons (Fsp3) is 0.357. The van der Waals surface area contributed by atoms with Gasteiger partial charge in [-0.1, -0.05) is 13.8 Å². The molecular formula is C14H18N2O. The number of hydrogen-bond acceptors (Lipinski definition) is 2. The molecule has 3 heteroatoms. The van der Waals surface area contributed by atoms with Gasteiger partial charge in [-0.25, -0.2) is 0 Å². The van der Waals surface area contributed by atoms with Crippen LogP contribution in [-0.2, 0) is 0 Å². The maximum Gasteiger partial charge on any atom is 0.162 e. The van der Waals surface area contributed by atoms with Crippen molar-refractivity contribution in [3.63, 3.8) is 0 Å². The molecule has 0 aliphatic heterocycles. The molecule has 3 nitrogen and oxygen atoms in total. The van der Waals surface area contributed by atoms with Gasteiger partial charge in [0.05, 0.1) is 0 Å². The van der Waals surface area contributed by atoms with E-state index in [1.807, 2.05) is 31.3 Å².